The Kier molecular flexibility index (Phi) is 4.44. The van der Waals surface area contributed by atoms with E-state index in [9.17, 15) is 4.79 Å². The van der Waals surface area contributed by atoms with Crippen molar-refractivity contribution in [1.82, 2.24) is 0 Å². The van der Waals surface area contributed by atoms with Crippen LogP contribution < -0.4 is 14.0 Å². The molecule has 1 aromatic heterocycles. The van der Waals surface area contributed by atoms with Gasteiger partial charge in [0.1, 0.15) is 0 Å². The number of nitrogens with zero attached hydrogens (tertiary/aromatic N) is 1. The van der Waals surface area contributed by atoms with Gasteiger partial charge in [-0.3, -0.25) is 0 Å². The van der Waals surface area contributed by atoms with Crippen molar-refractivity contribution in [2.24, 2.45) is 0 Å². The van der Waals surface area contributed by atoms with Crippen LogP contribution in [0.1, 0.15) is 18.2 Å². The molecule has 26 heavy (non-hydrogen) atoms. The summed E-state index contributed by atoms with van der Waals surface area (Å²) in [5.41, 5.74) is 2.17. The van der Waals surface area contributed by atoms with Crippen molar-refractivity contribution in [1.29, 1.82) is 0 Å². The van der Waals surface area contributed by atoms with Crippen molar-refractivity contribution in [3.63, 3.8) is 0 Å². The van der Waals surface area contributed by atoms with Crippen molar-refractivity contribution in [2.45, 2.75) is 19.9 Å². The summed E-state index contributed by atoms with van der Waals surface area (Å²) in [4.78, 5) is 12.0. The molecule has 0 spiro atoms. The van der Waals surface area contributed by atoms with Crippen molar-refractivity contribution in [3.05, 3.63) is 66.0 Å². The molecule has 0 saturated heterocycles. The second-order valence-electron chi connectivity index (χ2n) is 6.15. The number of hydrogen-bond acceptors (Lipinski definition) is 4. The van der Waals surface area contributed by atoms with E-state index in [1.54, 1.807) is 0 Å². The highest BCUT2D eigenvalue weighted by molar-refractivity contribution is 5.83. The van der Waals surface area contributed by atoms with Gasteiger partial charge in [0, 0.05) is 11.5 Å². The average molecular weight is 350 g/mol. The topological polar surface area (TPSA) is 48.6 Å². The summed E-state index contributed by atoms with van der Waals surface area (Å²) in [6, 6.07) is 16.2. The van der Waals surface area contributed by atoms with E-state index >= 15 is 0 Å². The Morgan fingerprint density at radius 1 is 1.12 bits per heavy atom. The Morgan fingerprint density at radius 3 is 2.85 bits per heavy atom. The van der Waals surface area contributed by atoms with Gasteiger partial charge in [0.2, 0.25) is 13.3 Å². The fourth-order valence-corrected chi connectivity index (χ4v) is 3.25. The molecule has 132 valence electrons. The lowest BCUT2D eigenvalue weighted by Crippen LogP contribution is -2.42. The summed E-state index contributed by atoms with van der Waals surface area (Å²) in [6.07, 6.45) is 2.62. The van der Waals surface area contributed by atoms with Crippen LogP contribution >= 0.6 is 0 Å². The van der Waals surface area contributed by atoms with Gasteiger partial charge in [0.05, 0.1) is 13.0 Å². The zero-order chi connectivity index (χ0) is 17.9. The molecule has 0 saturated carbocycles. The van der Waals surface area contributed by atoms with Crippen LogP contribution in [0.15, 0.2) is 54.7 Å². The second kappa shape index (κ2) is 7.04. The number of pyridine rings is 1. The van der Waals surface area contributed by atoms with Gasteiger partial charge in [-0.05, 0) is 36.1 Å². The third-order valence-corrected chi connectivity index (χ3v) is 4.47. The van der Waals surface area contributed by atoms with Gasteiger partial charge >= 0.3 is 5.97 Å². The monoisotopic (exact) mass is 350 g/mol. The summed E-state index contributed by atoms with van der Waals surface area (Å²) >= 11 is 0. The molecule has 0 bridgehead atoms. The molecule has 5 nitrogen and oxygen atoms in total. The molecule has 0 amide bonds. The molecule has 2 heterocycles. The molecular weight excluding hydrogens is 330 g/mol. The molecule has 5 heteroatoms. The average Bonchev–Trinajstić information content (AvgIpc) is 3.11. The number of ether oxygens (including phenoxy) is 3. The molecule has 0 fully saturated rings. The van der Waals surface area contributed by atoms with Crippen LogP contribution in [0.2, 0.25) is 0 Å². The van der Waals surface area contributed by atoms with E-state index < -0.39 is 0 Å². The quantitative estimate of drug-likeness (QED) is 0.524. The lowest BCUT2D eigenvalue weighted by molar-refractivity contribution is -0.691. The predicted molar refractivity (Wildman–Crippen MR) is 96.1 cm³/mol. The zero-order valence-electron chi connectivity index (χ0n) is 14.6. The normalized spacial score (nSPS) is 12.3. The number of aromatic nitrogens is 1. The van der Waals surface area contributed by atoms with E-state index in [1.807, 2.05) is 54.1 Å². The SMILES string of the molecule is CCOC(=O)C[n+]1ccc2ccccc2c1Cc1ccc2c(c1)OCO2. The number of hydrogen-bond donors (Lipinski definition) is 0. The van der Waals surface area contributed by atoms with Gasteiger partial charge in [-0.25, -0.2) is 4.79 Å². The van der Waals surface area contributed by atoms with E-state index in [1.165, 1.54) is 0 Å². The molecule has 0 unspecified atom stereocenters. The Morgan fingerprint density at radius 2 is 1.96 bits per heavy atom. The molecule has 2 aromatic carbocycles. The maximum absolute atomic E-state index is 12.0. The number of rotatable bonds is 5. The van der Waals surface area contributed by atoms with Crippen LogP contribution in [0.5, 0.6) is 11.5 Å². The first-order valence-corrected chi connectivity index (χ1v) is 8.69. The minimum absolute atomic E-state index is 0.193. The van der Waals surface area contributed by atoms with Crippen molar-refractivity contribution >= 4 is 16.7 Å². The van der Waals surface area contributed by atoms with Crippen molar-refractivity contribution in [2.75, 3.05) is 13.4 Å². The summed E-state index contributed by atoms with van der Waals surface area (Å²) < 4.78 is 18.0. The maximum atomic E-state index is 12.0. The minimum Gasteiger partial charge on any atom is -0.461 e. The number of carbonyl (C=O) groups is 1. The van der Waals surface area contributed by atoms with Gasteiger partial charge in [-0.1, -0.05) is 24.3 Å². The number of fused-ring (bicyclic) bond motifs is 2. The van der Waals surface area contributed by atoms with Crippen LogP contribution in [0.3, 0.4) is 0 Å². The van der Waals surface area contributed by atoms with Gasteiger partial charge in [0.25, 0.3) is 0 Å². The second-order valence-corrected chi connectivity index (χ2v) is 6.15. The van der Waals surface area contributed by atoms with Crippen molar-refractivity contribution in [3.8, 4) is 11.5 Å². The molecule has 0 aliphatic carbocycles. The number of esters is 1. The molecule has 4 rings (SSSR count). The largest absolute Gasteiger partial charge is 0.461 e. The molecule has 1 aliphatic rings. The van der Waals surface area contributed by atoms with Crippen LogP contribution in [-0.2, 0) is 22.5 Å². The highest BCUT2D eigenvalue weighted by Crippen LogP contribution is 2.33. The Bertz CT molecular complexity index is 967. The van der Waals surface area contributed by atoms with E-state index in [0.717, 1.165) is 33.5 Å². The van der Waals surface area contributed by atoms with Crippen LogP contribution in [0.4, 0.5) is 0 Å². The predicted octanol–water partition coefficient (Wildman–Crippen LogP) is 3.01. The van der Waals surface area contributed by atoms with Gasteiger partial charge in [-0.2, -0.15) is 4.57 Å². The highest BCUT2D eigenvalue weighted by atomic mass is 16.7. The summed E-state index contributed by atoms with van der Waals surface area (Å²) in [5.74, 6) is 1.30. The first-order chi connectivity index (χ1) is 12.7. The fraction of sp³-hybridized carbons (Fsp3) is 0.238. The molecular formula is C21H20NO4+. The lowest BCUT2D eigenvalue weighted by atomic mass is 10.0. The smallest absolute Gasteiger partial charge is 0.372 e. The van der Waals surface area contributed by atoms with Crippen LogP contribution in [0, 0.1) is 0 Å². The molecule has 1 aliphatic heterocycles. The molecule has 3 aromatic rings. The first kappa shape index (κ1) is 16.4. The standard InChI is InChI=1S/C21H20NO4/c1-2-24-21(23)13-22-10-9-16-5-3-4-6-17(16)18(22)11-15-7-8-19-20(12-15)26-14-25-19/h3-10,12H,2,11,13-14H2,1H3/q+1. The maximum Gasteiger partial charge on any atom is 0.372 e. The minimum atomic E-state index is -0.236. The first-order valence-electron chi connectivity index (χ1n) is 8.69. The van der Waals surface area contributed by atoms with Crippen molar-refractivity contribution < 1.29 is 23.6 Å². The molecule has 0 atom stereocenters. The van der Waals surface area contributed by atoms with E-state index in [4.69, 9.17) is 14.2 Å². The number of benzene rings is 2. The van der Waals surface area contributed by atoms with Crippen LogP contribution in [0.25, 0.3) is 10.8 Å². The third kappa shape index (κ3) is 3.20. The van der Waals surface area contributed by atoms with Crippen LogP contribution in [-0.4, -0.2) is 19.4 Å². The molecule has 0 N–H and O–H groups in total. The zero-order valence-corrected chi connectivity index (χ0v) is 14.6. The fourth-order valence-electron chi connectivity index (χ4n) is 3.25. The van der Waals surface area contributed by atoms with E-state index in [2.05, 4.69) is 12.1 Å². The Labute approximate surface area is 151 Å². The summed E-state index contributed by atoms with van der Waals surface area (Å²) in [6.45, 7) is 2.65. The Balaban J connectivity index is 1.74. The highest BCUT2D eigenvalue weighted by Gasteiger charge is 2.21. The lowest BCUT2D eigenvalue weighted by Gasteiger charge is -2.08. The van der Waals surface area contributed by atoms with E-state index in [-0.39, 0.29) is 19.3 Å². The third-order valence-electron chi connectivity index (χ3n) is 4.47. The summed E-state index contributed by atoms with van der Waals surface area (Å²) in [5, 5.41) is 2.26. The summed E-state index contributed by atoms with van der Waals surface area (Å²) in [7, 11) is 0. The van der Waals surface area contributed by atoms with Gasteiger partial charge in [-0.15, -0.1) is 0 Å². The van der Waals surface area contributed by atoms with Gasteiger partial charge < -0.3 is 14.2 Å². The number of carbonyl (C=O) groups excluding carboxylic acids is 1. The van der Waals surface area contributed by atoms with E-state index in [0.29, 0.717) is 13.0 Å². The Hall–Kier alpha value is -3.08. The molecule has 0 radical (unpaired) electrons. The van der Waals surface area contributed by atoms with Gasteiger partial charge in [0.15, 0.2) is 23.4 Å².